The van der Waals surface area contributed by atoms with Gasteiger partial charge >= 0.3 is 6.03 Å². The predicted molar refractivity (Wildman–Crippen MR) is 106 cm³/mol. The molecule has 1 aliphatic rings. The van der Waals surface area contributed by atoms with Crippen LogP contribution in [0.3, 0.4) is 0 Å². The molecule has 3 rings (SSSR count). The Kier molecular flexibility index (Phi) is 6.50. The predicted octanol–water partition coefficient (Wildman–Crippen LogP) is 3.97. The zero-order chi connectivity index (χ0) is 18.2. The Labute approximate surface area is 155 Å². The third-order valence-corrected chi connectivity index (χ3v) is 4.66. The van der Waals surface area contributed by atoms with Crippen molar-refractivity contribution in [2.75, 3.05) is 43.6 Å². The summed E-state index contributed by atoms with van der Waals surface area (Å²) in [6.45, 7) is 3.70. The van der Waals surface area contributed by atoms with Gasteiger partial charge in [-0.2, -0.15) is 0 Å². The number of ether oxygens (including phenoxy) is 1. The number of carbonyl (C=O) groups is 1. The molecule has 2 aromatic carbocycles. The van der Waals surface area contributed by atoms with Crippen molar-refractivity contribution in [3.05, 3.63) is 60.2 Å². The molecule has 0 atom stereocenters. The summed E-state index contributed by atoms with van der Waals surface area (Å²) < 4.78 is 5.19. The van der Waals surface area contributed by atoms with Gasteiger partial charge in [-0.3, -0.25) is 0 Å². The molecular weight excluding hydrogens is 326 g/mol. The summed E-state index contributed by atoms with van der Waals surface area (Å²) in [5.74, 6) is 0. The van der Waals surface area contributed by atoms with E-state index >= 15 is 0 Å². The van der Waals surface area contributed by atoms with E-state index in [9.17, 15) is 4.79 Å². The van der Waals surface area contributed by atoms with Crippen molar-refractivity contribution >= 4 is 17.4 Å². The van der Waals surface area contributed by atoms with Crippen LogP contribution in [0.4, 0.5) is 16.2 Å². The first-order chi connectivity index (χ1) is 12.8. The van der Waals surface area contributed by atoms with Crippen molar-refractivity contribution < 1.29 is 9.53 Å². The molecule has 2 amide bonds. The lowest BCUT2D eigenvalue weighted by Crippen LogP contribution is -2.37. The van der Waals surface area contributed by atoms with Crippen molar-refractivity contribution in [3.8, 4) is 0 Å². The van der Waals surface area contributed by atoms with Crippen LogP contribution in [0.5, 0.6) is 0 Å². The van der Waals surface area contributed by atoms with Crippen LogP contribution in [0.25, 0.3) is 0 Å². The smallest absolute Gasteiger partial charge is 0.322 e. The lowest BCUT2D eigenvalue weighted by molar-refractivity contribution is 0.153. The lowest BCUT2D eigenvalue weighted by atomic mass is 10.2. The quantitative estimate of drug-likeness (QED) is 0.819. The third-order valence-electron chi connectivity index (χ3n) is 4.66. The number of urea groups is 1. The van der Waals surface area contributed by atoms with E-state index in [1.54, 1.807) is 12.0 Å². The van der Waals surface area contributed by atoms with E-state index in [2.05, 4.69) is 16.3 Å². The molecule has 1 N–H and O–H groups in total. The van der Waals surface area contributed by atoms with Crippen LogP contribution >= 0.6 is 0 Å². The molecule has 5 nitrogen and oxygen atoms in total. The van der Waals surface area contributed by atoms with Crippen LogP contribution in [0.1, 0.15) is 18.4 Å². The molecule has 0 radical (unpaired) electrons. The third kappa shape index (κ3) is 4.76. The van der Waals surface area contributed by atoms with Crippen molar-refractivity contribution in [1.29, 1.82) is 0 Å². The van der Waals surface area contributed by atoms with E-state index in [1.165, 1.54) is 12.8 Å². The number of para-hydroxylation sites is 2. The second kappa shape index (κ2) is 9.25. The minimum Gasteiger partial charge on any atom is -0.383 e. The monoisotopic (exact) mass is 353 g/mol. The molecule has 138 valence electrons. The van der Waals surface area contributed by atoms with Gasteiger partial charge in [-0.1, -0.05) is 42.5 Å². The van der Waals surface area contributed by atoms with Crippen molar-refractivity contribution in [1.82, 2.24) is 4.90 Å². The lowest BCUT2D eigenvalue weighted by Gasteiger charge is -2.26. The average Bonchev–Trinajstić information content (AvgIpc) is 3.21. The largest absolute Gasteiger partial charge is 0.383 e. The number of anilines is 2. The molecule has 1 heterocycles. The molecular formula is C21H27N3O2. The summed E-state index contributed by atoms with van der Waals surface area (Å²) >= 11 is 0. The van der Waals surface area contributed by atoms with Gasteiger partial charge in [0.15, 0.2) is 0 Å². The molecule has 0 unspecified atom stereocenters. The van der Waals surface area contributed by atoms with E-state index in [4.69, 9.17) is 4.74 Å². The summed E-state index contributed by atoms with van der Waals surface area (Å²) in [5.41, 5.74) is 3.08. The first kappa shape index (κ1) is 18.3. The number of benzene rings is 2. The topological polar surface area (TPSA) is 44.8 Å². The van der Waals surface area contributed by atoms with Crippen molar-refractivity contribution in [2.24, 2.45) is 0 Å². The molecule has 0 saturated carbocycles. The highest BCUT2D eigenvalue weighted by Gasteiger charge is 2.19. The Morgan fingerprint density at radius 2 is 1.77 bits per heavy atom. The summed E-state index contributed by atoms with van der Waals surface area (Å²) in [7, 11) is 1.65. The number of methoxy groups -OCH3 is 1. The number of rotatable bonds is 7. The highest BCUT2D eigenvalue weighted by molar-refractivity contribution is 5.93. The number of hydrogen-bond donors (Lipinski definition) is 1. The van der Waals surface area contributed by atoms with Gasteiger partial charge in [0.25, 0.3) is 0 Å². The van der Waals surface area contributed by atoms with Gasteiger partial charge in [-0.25, -0.2) is 4.79 Å². The molecule has 26 heavy (non-hydrogen) atoms. The minimum atomic E-state index is -0.0995. The van der Waals surface area contributed by atoms with Crippen LogP contribution in [0.2, 0.25) is 0 Å². The minimum absolute atomic E-state index is 0.0995. The Balaban J connectivity index is 1.73. The molecule has 0 aliphatic carbocycles. The highest BCUT2D eigenvalue weighted by atomic mass is 16.5. The second-order valence-electron chi connectivity index (χ2n) is 6.54. The highest BCUT2D eigenvalue weighted by Crippen LogP contribution is 2.28. The maximum Gasteiger partial charge on any atom is 0.322 e. The molecule has 1 saturated heterocycles. The summed E-state index contributed by atoms with van der Waals surface area (Å²) in [5, 5.41) is 3.11. The fraction of sp³-hybridized carbons (Fsp3) is 0.381. The van der Waals surface area contributed by atoms with E-state index in [0.717, 1.165) is 30.0 Å². The Morgan fingerprint density at radius 3 is 2.50 bits per heavy atom. The number of carbonyl (C=O) groups excluding carboxylic acids is 1. The zero-order valence-corrected chi connectivity index (χ0v) is 15.4. The fourth-order valence-electron chi connectivity index (χ4n) is 3.27. The summed E-state index contributed by atoms with van der Waals surface area (Å²) in [6.07, 6.45) is 2.41. The van der Waals surface area contributed by atoms with E-state index < -0.39 is 0 Å². The van der Waals surface area contributed by atoms with E-state index in [-0.39, 0.29) is 6.03 Å². The molecule has 2 aromatic rings. The molecule has 0 spiro atoms. The van der Waals surface area contributed by atoms with Crippen LogP contribution in [0.15, 0.2) is 54.6 Å². The van der Waals surface area contributed by atoms with E-state index in [0.29, 0.717) is 19.7 Å². The molecule has 0 aromatic heterocycles. The number of nitrogens with one attached hydrogen (secondary N) is 1. The van der Waals surface area contributed by atoms with Crippen LogP contribution in [-0.2, 0) is 11.3 Å². The van der Waals surface area contributed by atoms with Gasteiger partial charge in [0, 0.05) is 33.3 Å². The first-order valence-corrected chi connectivity index (χ1v) is 9.20. The van der Waals surface area contributed by atoms with E-state index in [1.807, 2.05) is 48.5 Å². The maximum absolute atomic E-state index is 12.9. The van der Waals surface area contributed by atoms with Gasteiger partial charge in [0.1, 0.15) is 0 Å². The number of amides is 2. The number of nitrogens with zero attached hydrogens (tertiary/aromatic N) is 2. The summed E-state index contributed by atoms with van der Waals surface area (Å²) in [4.78, 5) is 17.1. The van der Waals surface area contributed by atoms with Crippen LogP contribution in [0, 0.1) is 0 Å². The first-order valence-electron chi connectivity index (χ1n) is 9.20. The van der Waals surface area contributed by atoms with Gasteiger partial charge in [-0.15, -0.1) is 0 Å². The van der Waals surface area contributed by atoms with Crippen molar-refractivity contribution in [3.63, 3.8) is 0 Å². The molecule has 5 heteroatoms. The van der Waals surface area contributed by atoms with Gasteiger partial charge < -0.3 is 19.9 Å². The molecule has 0 bridgehead atoms. The Hall–Kier alpha value is -2.53. The fourth-order valence-corrected chi connectivity index (χ4v) is 3.27. The second-order valence-corrected chi connectivity index (χ2v) is 6.54. The average molecular weight is 353 g/mol. The Morgan fingerprint density at radius 1 is 1.08 bits per heavy atom. The zero-order valence-electron chi connectivity index (χ0n) is 15.4. The van der Waals surface area contributed by atoms with Crippen LogP contribution < -0.4 is 10.2 Å². The molecule has 1 aliphatic heterocycles. The SMILES string of the molecule is COCCN(Cc1ccccc1)C(=O)Nc1ccccc1N1CCCC1. The molecule has 1 fully saturated rings. The van der Waals surface area contributed by atoms with Crippen molar-refractivity contribution in [2.45, 2.75) is 19.4 Å². The Bertz CT molecular complexity index is 699. The number of hydrogen-bond acceptors (Lipinski definition) is 3. The standard InChI is InChI=1S/C21H27N3O2/c1-26-16-15-24(17-18-9-3-2-4-10-18)21(25)22-19-11-5-6-12-20(19)23-13-7-8-14-23/h2-6,9-12H,7-8,13-17H2,1H3,(H,22,25). The van der Waals surface area contributed by atoms with Gasteiger partial charge in [0.2, 0.25) is 0 Å². The normalized spacial score (nSPS) is 13.7. The van der Waals surface area contributed by atoms with Crippen LogP contribution in [-0.4, -0.2) is 44.3 Å². The maximum atomic E-state index is 12.9. The summed E-state index contributed by atoms with van der Waals surface area (Å²) in [6, 6.07) is 18.0. The van der Waals surface area contributed by atoms with Gasteiger partial charge in [0.05, 0.1) is 18.0 Å². The van der Waals surface area contributed by atoms with Gasteiger partial charge in [-0.05, 0) is 30.5 Å².